The molecule has 1 atom stereocenters. The number of piperazine rings is 1. The Labute approximate surface area is 139 Å². The first-order chi connectivity index (χ1) is 11.4. The topological polar surface area (TPSA) is 15.3 Å². The number of benzene rings is 2. The molecule has 0 bridgehead atoms. The molecule has 4 rings (SSSR count). The fraction of sp³-hybridized carbons (Fsp3) is 0.429. The Bertz CT molecular complexity index is 619. The molecule has 23 heavy (non-hydrogen) atoms. The molecule has 0 radical (unpaired) electrons. The smallest absolute Gasteiger partial charge is 0.0261 e. The van der Waals surface area contributed by atoms with E-state index in [1.165, 1.54) is 37.1 Å². The van der Waals surface area contributed by atoms with Crippen LogP contribution >= 0.6 is 0 Å². The lowest BCUT2D eigenvalue weighted by molar-refractivity contribution is 0.146. The molecule has 2 aromatic carbocycles. The monoisotopic (exact) mass is 306 g/mol. The van der Waals surface area contributed by atoms with Crippen molar-refractivity contribution in [3.63, 3.8) is 0 Å². The largest absolute Gasteiger partial charge is 0.314 e. The summed E-state index contributed by atoms with van der Waals surface area (Å²) >= 11 is 0. The van der Waals surface area contributed by atoms with Gasteiger partial charge in [0.05, 0.1) is 0 Å². The summed E-state index contributed by atoms with van der Waals surface area (Å²) in [5.74, 6) is 0. The summed E-state index contributed by atoms with van der Waals surface area (Å²) in [5.41, 5.74) is 3.42. The average Bonchev–Trinajstić information content (AvgIpc) is 3.39. The number of rotatable bonds is 5. The van der Waals surface area contributed by atoms with Gasteiger partial charge >= 0.3 is 0 Å². The highest BCUT2D eigenvalue weighted by molar-refractivity contribution is 5.32. The Morgan fingerprint density at radius 2 is 1.65 bits per heavy atom. The van der Waals surface area contributed by atoms with Gasteiger partial charge < -0.3 is 5.32 Å². The third-order valence-electron chi connectivity index (χ3n) is 5.53. The highest BCUT2D eigenvalue weighted by Gasteiger charge is 2.46. The third-order valence-corrected chi connectivity index (χ3v) is 5.53. The molecule has 0 unspecified atom stereocenters. The summed E-state index contributed by atoms with van der Waals surface area (Å²) in [6.07, 6.45) is 3.84. The van der Waals surface area contributed by atoms with Gasteiger partial charge in [-0.15, -0.1) is 0 Å². The van der Waals surface area contributed by atoms with Crippen molar-refractivity contribution in [3.8, 4) is 0 Å². The molecular weight excluding hydrogens is 280 g/mol. The van der Waals surface area contributed by atoms with Gasteiger partial charge in [0.2, 0.25) is 0 Å². The molecule has 0 spiro atoms. The second kappa shape index (κ2) is 6.46. The van der Waals surface area contributed by atoms with Crippen LogP contribution in [-0.4, -0.2) is 37.1 Å². The van der Waals surface area contributed by atoms with E-state index in [1.54, 1.807) is 0 Å². The van der Waals surface area contributed by atoms with Crippen molar-refractivity contribution in [3.05, 3.63) is 71.8 Å². The average molecular weight is 306 g/mol. The van der Waals surface area contributed by atoms with Crippen molar-refractivity contribution in [2.45, 2.75) is 30.7 Å². The van der Waals surface area contributed by atoms with E-state index in [2.05, 4.69) is 70.9 Å². The first-order valence-electron chi connectivity index (χ1n) is 8.90. The van der Waals surface area contributed by atoms with Gasteiger partial charge in [0.1, 0.15) is 0 Å². The van der Waals surface area contributed by atoms with Gasteiger partial charge in [0, 0.05) is 37.6 Å². The molecule has 0 aromatic heterocycles. The quantitative estimate of drug-likeness (QED) is 0.912. The van der Waals surface area contributed by atoms with Crippen molar-refractivity contribution in [2.24, 2.45) is 0 Å². The summed E-state index contributed by atoms with van der Waals surface area (Å²) in [6, 6.07) is 22.7. The zero-order chi connectivity index (χ0) is 15.5. The molecule has 1 N–H and O–H groups in total. The van der Waals surface area contributed by atoms with Gasteiger partial charge in [0.25, 0.3) is 0 Å². The van der Waals surface area contributed by atoms with E-state index in [1.807, 2.05) is 0 Å². The molecule has 2 nitrogen and oxygen atoms in total. The fourth-order valence-electron chi connectivity index (χ4n) is 3.97. The van der Waals surface area contributed by atoms with E-state index in [9.17, 15) is 0 Å². The lowest BCUT2D eigenvalue weighted by Crippen LogP contribution is -2.54. The Balaban J connectivity index is 1.48. The second-order valence-electron chi connectivity index (χ2n) is 7.16. The zero-order valence-electron chi connectivity index (χ0n) is 13.7. The summed E-state index contributed by atoms with van der Waals surface area (Å²) in [4.78, 5) is 2.74. The molecule has 2 heteroatoms. The molecule has 1 aliphatic carbocycles. The van der Waals surface area contributed by atoms with Gasteiger partial charge in [-0.1, -0.05) is 60.7 Å². The Morgan fingerprint density at radius 1 is 0.957 bits per heavy atom. The molecule has 2 aromatic rings. The third kappa shape index (κ3) is 3.34. The first-order valence-corrected chi connectivity index (χ1v) is 8.90. The van der Waals surface area contributed by atoms with Crippen molar-refractivity contribution in [1.29, 1.82) is 0 Å². The van der Waals surface area contributed by atoms with Crippen LogP contribution in [0, 0.1) is 0 Å². The van der Waals surface area contributed by atoms with Crippen LogP contribution in [0.2, 0.25) is 0 Å². The number of hydrogen-bond donors (Lipinski definition) is 1. The van der Waals surface area contributed by atoms with Crippen LogP contribution < -0.4 is 5.32 Å². The van der Waals surface area contributed by atoms with Crippen LogP contribution in [-0.2, 0) is 11.8 Å². The van der Waals surface area contributed by atoms with Gasteiger partial charge in [0.15, 0.2) is 0 Å². The van der Waals surface area contributed by atoms with E-state index in [0.29, 0.717) is 11.5 Å². The summed E-state index contributed by atoms with van der Waals surface area (Å²) in [6.45, 7) is 4.62. The minimum Gasteiger partial charge on any atom is -0.314 e. The molecule has 1 aliphatic heterocycles. The molecule has 1 saturated heterocycles. The predicted octanol–water partition coefficient (Wildman–Crippen LogP) is 3.23. The lowest BCUT2D eigenvalue weighted by atomic mass is 9.93. The maximum atomic E-state index is 3.59. The number of hydrogen-bond acceptors (Lipinski definition) is 2. The summed E-state index contributed by atoms with van der Waals surface area (Å²) in [5, 5.41) is 3.59. The van der Waals surface area contributed by atoms with Gasteiger partial charge in [-0.2, -0.15) is 0 Å². The maximum Gasteiger partial charge on any atom is 0.0261 e. The standard InChI is InChI=1S/C21H26N2/c1-3-7-18(8-4-1)15-20-16-22-13-14-23(20)17-21(11-12-21)19-9-5-2-6-10-19/h1-10,20,22H,11-17H2/t20-/m0/s1. The normalized spacial score (nSPS) is 23.6. The molecule has 2 aliphatic rings. The Morgan fingerprint density at radius 3 is 2.35 bits per heavy atom. The van der Waals surface area contributed by atoms with Gasteiger partial charge in [-0.25, -0.2) is 0 Å². The zero-order valence-corrected chi connectivity index (χ0v) is 13.7. The van der Waals surface area contributed by atoms with Crippen molar-refractivity contribution in [2.75, 3.05) is 26.2 Å². The van der Waals surface area contributed by atoms with E-state index in [0.717, 1.165) is 19.5 Å². The molecular formula is C21H26N2. The highest BCUT2D eigenvalue weighted by atomic mass is 15.2. The van der Waals surface area contributed by atoms with Crippen molar-refractivity contribution in [1.82, 2.24) is 10.2 Å². The predicted molar refractivity (Wildman–Crippen MR) is 95.7 cm³/mol. The van der Waals surface area contributed by atoms with Crippen LogP contribution in [0.15, 0.2) is 60.7 Å². The van der Waals surface area contributed by atoms with Crippen LogP contribution in [0.5, 0.6) is 0 Å². The molecule has 120 valence electrons. The number of nitrogens with zero attached hydrogens (tertiary/aromatic N) is 1. The highest BCUT2D eigenvalue weighted by Crippen LogP contribution is 2.49. The van der Waals surface area contributed by atoms with E-state index in [4.69, 9.17) is 0 Å². The Kier molecular flexibility index (Phi) is 4.19. The SMILES string of the molecule is c1ccc(C[C@H]2CNCCN2CC2(c3ccccc3)CC2)cc1. The summed E-state index contributed by atoms with van der Waals surface area (Å²) in [7, 11) is 0. The Hall–Kier alpha value is -1.64. The second-order valence-corrected chi connectivity index (χ2v) is 7.16. The maximum absolute atomic E-state index is 3.59. The minimum absolute atomic E-state index is 0.424. The van der Waals surface area contributed by atoms with Crippen LogP contribution in [0.3, 0.4) is 0 Å². The van der Waals surface area contributed by atoms with Crippen LogP contribution in [0.25, 0.3) is 0 Å². The molecule has 1 saturated carbocycles. The minimum atomic E-state index is 0.424. The van der Waals surface area contributed by atoms with Gasteiger partial charge in [-0.3, -0.25) is 4.90 Å². The van der Waals surface area contributed by atoms with Crippen molar-refractivity contribution < 1.29 is 0 Å². The molecule has 2 fully saturated rings. The fourth-order valence-corrected chi connectivity index (χ4v) is 3.97. The van der Waals surface area contributed by atoms with E-state index >= 15 is 0 Å². The lowest BCUT2D eigenvalue weighted by Gasteiger charge is -2.39. The first kappa shape index (κ1) is 14.9. The van der Waals surface area contributed by atoms with Crippen LogP contribution in [0.4, 0.5) is 0 Å². The van der Waals surface area contributed by atoms with Crippen molar-refractivity contribution >= 4 is 0 Å². The van der Waals surface area contributed by atoms with E-state index < -0.39 is 0 Å². The summed E-state index contributed by atoms with van der Waals surface area (Å²) < 4.78 is 0. The van der Waals surface area contributed by atoms with E-state index in [-0.39, 0.29) is 0 Å². The molecule has 0 amide bonds. The number of nitrogens with one attached hydrogen (secondary N) is 1. The van der Waals surface area contributed by atoms with Gasteiger partial charge in [-0.05, 0) is 30.4 Å². The van der Waals surface area contributed by atoms with Crippen LogP contribution in [0.1, 0.15) is 24.0 Å². The molecule has 1 heterocycles.